The fraction of sp³-hybridized carbons (Fsp3) is 0.304. The summed E-state index contributed by atoms with van der Waals surface area (Å²) in [5, 5.41) is 3.35. The molecule has 0 aliphatic heterocycles. The molecule has 7 nitrogen and oxygen atoms in total. The summed E-state index contributed by atoms with van der Waals surface area (Å²) in [7, 11) is 1.34. The molecule has 0 unspecified atom stereocenters. The Labute approximate surface area is 217 Å². The summed E-state index contributed by atoms with van der Waals surface area (Å²) in [6, 6.07) is 5.92. The number of carbonyl (C=O) groups excluding carboxylic acids is 3. The number of amides is 2. The molecular weight excluding hydrogens is 558 g/mol. The van der Waals surface area contributed by atoms with Crippen LogP contribution in [-0.2, 0) is 33.7 Å². The van der Waals surface area contributed by atoms with Gasteiger partial charge in [-0.3, -0.25) is 9.59 Å². The van der Waals surface area contributed by atoms with E-state index >= 15 is 0 Å². The zero-order valence-electron chi connectivity index (χ0n) is 18.4. The number of nitrogens with zero attached hydrogens (tertiary/aromatic N) is 2. The minimum absolute atomic E-state index is 0.0737. The molecule has 2 heterocycles. The van der Waals surface area contributed by atoms with Crippen molar-refractivity contribution in [2.75, 3.05) is 23.9 Å². The number of hydrogen-bond donors (Lipinski definition) is 1. The molecule has 1 aromatic carbocycles. The number of hydrogen-bond acceptors (Lipinski definition) is 7. The molecule has 0 saturated carbocycles. The maximum Gasteiger partial charge on any atom is 0.341 e. The number of ether oxygens (including phenoxy) is 1. The van der Waals surface area contributed by atoms with Crippen LogP contribution in [-0.4, -0.2) is 41.0 Å². The maximum absolute atomic E-state index is 12.5. The van der Waals surface area contributed by atoms with Gasteiger partial charge in [-0.1, -0.05) is 33.3 Å². The van der Waals surface area contributed by atoms with Crippen molar-refractivity contribution in [2.45, 2.75) is 25.8 Å². The monoisotopic (exact) mass is 579 g/mol. The second kappa shape index (κ2) is 11.0. The van der Waals surface area contributed by atoms with Crippen LogP contribution in [0.2, 0.25) is 0 Å². The van der Waals surface area contributed by atoms with Gasteiger partial charge in [0.1, 0.15) is 5.00 Å². The Kier molecular flexibility index (Phi) is 8.07. The summed E-state index contributed by atoms with van der Waals surface area (Å²) in [5.41, 5.74) is 2.43. The first-order chi connectivity index (χ1) is 16.4. The Balaban J connectivity index is 1.40. The summed E-state index contributed by atoms with van der Waals surface area (Å²) in [4.78, 5) is 43.2. The van der Waals surface area contributed by atoms with Crippen molar-refractivity contribution in [3.05, 3.63) is 56.1 Å². The van der Waals surface area contributed by atoms with Gasteiger partial charge in [0.2, 0.25) is 5.91 Å². The minimum atomic E-state index is -0.431. The highest BCUT2D eigenvalue weighted by Crippen LogP contribution is 2.39. The summed E-state index contributed by atoms with van der Waals surface area (Å²) >= 11 is 7.52. The summed E-state index contributed by atoms with van der Waals surface area (Å²) in [6.07, 6.45) is 4.49. The molecule has 3 aromatic rings. The van der Waals surface area contributed by atoms with E-state index in [2.05, 4.69) is 32.8 Å². The molecule has 0 atom stereocenters. The maximum atomic E-state index is 12.5. The highest BCUT2D eigenvalue weighted by molar-refractivity contribution is 9.10. The van der Waals surface area contributed by atoms with Crippen LogP contribution < -0.4 is 10.1 Å². The first-order valence-electron chi connectivity index (χ1n) is 10.5. The van der Waals surface area contributed by atoms with E-state index in [1.54, 1.807) is 6.08 Å². The van der Waals surface area contributed by atoms with Gasteiger partial charge in [-0.05, 0) is 43.0 Å². The van der Waals surface area contributed by atoms with E-state index in [0.29, 0.717) is 21.9 Å². The van der Waals surface area contributed by atoms with Crippen LogP contribution in [0.4, 0.5) is 5.00 Å². The number of esters is 1. The Bertz CT molecular complexity index is 1360. The number of halogens is 1. The van der Waals surface area contributed by atoms with Gasteiger partial charge >= 0.3 is 5.97 Å². The van der Waals surface area contributed by atoms with Crippen LogP contribution in [0.25, 0.3) is 10.2 Å². The number of methoxy groups -OCH3 is 1. The number of fused-ring (bicyclic) bond motifs is 2. The number of anilines is 1. The third kappa shape index (κ3) is 5.37. The van der Waals surface area contributed by atoms with Crippen LogP contribution in [0.1, 0.15) is 27.2 Å². The standard InChI is InChI=1S/C23H22BrN3O4S3/c1-3-9-27-15-8-7-13(24)10-17(15)34-23(27)26-19(29)12-32-11-18(28)25-21-20(22(30)31-2)14-5-4-6-16(14)33-21/h3,7-8,10H,1,4-6,9,11-12H2,2H3,(H,25,28). The van der Waals surface area contributed by atoms with E-state index in [-0.39, 0.29) is 23.3 Å². The highest BCUT2D eigenvalue weighted by Gasteiger charge is 2.28. The Morgan fingerprint density at radius 3 is 2.88 bits per heavy atom. The molecule has 34 heavy (non-hydrogen) atoms. The number of allylic oxidation sites excluding steroid dienone is 1. The molecule has 2 amide bonds. The third-order valence-electron chi connectivity index (χ3n) is 5.20. The third-order valence-corrected chi connectivity index (χ3v) is 8.86. The Hall–Kier alpha value is -2.21. The van der Waals surface area contributed by atoms with E-state index in [1.165, 1.54) is 41.5 Å². The number of thiazole rings is 1. The van der Waals surface area contributed by atoms with E-state index < -0.39 is 5.97 Å². The van der Waals surface area contributed by atoms with Gasteiger partial charge in [0.05, 0.1) is 34.4 Å². The van der Waals surface area contributed by atoms with Gasteiger partial charge in [-0.15, -0.1) is 29.7 Å². The molecule has 178 valence electrons. The first kappa shape index (κ1) is 24.9. The zero-order valence-corrected chi connectivity index (χ0v) is 22.4. The fourth-order valence-corrected chi connectivity index (χ4v) is 7.28. The number of aromatic nitrogens is 1. The molecular formula is C23H22BrN3O4S3. The number of thioether (sulfide) groups is 1. The Morgan fingerprint density at radius 2 is 2.12 bits per heavy atom. The largest absolute Gasteiger partial charge is 0.465 e. The molecule has 1 aliphatic rings. The first-order valence-corrected chi connectivity index (χ1v) is 14.1. The van der Waals surface area contributed by atoms with Crippen LogP contribution in [0.3, 0.4) is 0 Å². The molecule has 0 fully saturated rings. The van der Waals surface area contributed by atoms with Crippen molar-refractivity contribution in [3.8, 4) is 0 Å². The van der Waals surface area contributed by atoms with Crippen LogP contribution >= 0.6 is 50.4 Å². The molecule has 0 spiro atoms. The minimum Gasteiger partial charge on any atom is -0.465 e. The smallest absolute Gasteiger partial charge is 0.341 e. The summed E-state index contributed by atoms with van der Waals surface area (Å²) in [6.45, 7) is 4.33. The summed E-state index contributed by atoms with van der Waals surface area (Å²) < 4.78 is 8.82. The molecule has 0 saturated heterocycles. The predicted molar refractivity (Wildman–Crippen MR) is 142 cm³/mol. The molecule has 4 rings (SSSR count). The molecule has 1 aliphatic carbocycles. The quantitative estimate of drug-likeness (QED) is 0.306. The second-order valence-corrected chi connectivity index (χ2v) is 11.5. The molecule has 11 heteroatoms. The van der Waals surface area contributed by atoms with Crippen molar-refractivity contribution >= 4 is 83.4 Å². The summed E-state index contributed by atoms with van der Waals surface area (Å²) in [5.74, 6) is -0.858. The van der Waals surface area contributed by atoms with Gasteiger partial charge in [0, 0.05) is 15.9 Å². The van der Waals surface area contributed by atoms with E-state index in [1.807, 2.05) is 22.8 Å². The molecule has 1 N–H and O–H groups in total. The average molecular weight is 581 g/mol. The average Bonchev–Trinajstić information content (AvgIpc) is 3.46. The van der Waals surface area contributed by atoms with Crippen molar-refractivity contribution in [2.24, 2.45) is 4.99 Å². The number of benzene rings is 1. The lowest BCUT2D eigenvalue weighted by atomic mass is 10.1. The van der Waals surface area contributed by atoms with Crippen molar-refractivity contribution in [3.63, 3.8) is 0 Å². The molecule has 0 bridgehead atoms. The number of carbonyl (C=O) groups is 3. The zero-order chi connectivity index (χ0) is 24.2. The van der Waals surface area contributed by atoms with Crippen LogP contribution in [0.15, 0.2) is 40.3 Å². The number of aryl methyl sites for hydroxylation is 1. The van der Waals surface area contributed by atoms with Gasteiger partial charge in [0.15, 0.2) is 4.80 Å². The highest BCUT2D eigenvalue weighted by atomic mass is 79.9. The Morgan fingerprint density at radius 1 is 1.29 bits per heavy atom. The van der Waals surface area contributed by atoms with Gasteiger partial charge in [0.25, 0.3) is 5.91 Å². The fourth-order valence-electron chi connectivity index (χ4n) is 3.78. The van der Waals surface area contributed by atoms with Gasteiger partial charge in [-0.25, -0.2) is 4.79 Å². The van der Waals surface area contributed by atoms with E-state index in [4.69, 9.17) is 4.74 Å². The van der Waals surface area contributed by atoms with Gasteiger partial charge in [-0.2, -0.15) is 4.99 Å². The number of nitrogens with one attached hydrogen (secondary N) is 1. The van der Waals surface area contributed by atoms with E-state index in [9.17, 15) is 14.4 Å². The topological polar surface area (TPSA) is 89.8 Å². The second-order valence-electron chi connectivity index (χ2n) is 7.50. The van der Waals surface area contributed by atoms with Crippen molar-refractivity contribution in [1.29, 1.82) is 0 Å². The van der Waals surface area contributed by atoms with Crippen molar-refractivity contribution < 1.29 is 19.1 Å². The SMILES string of the molecule is C=CCn1c(=NC(=O)CSCC(=O)Nc2sc3c(c2C(=O)OC)CCC3)sc2cc(Br)ccc21. The number of rotatable bonds is 8. The predicted octanol–water partition coefficient (Wildman–Crippen LogP) is 4.79. The van der Waals surface area contributed by atoms with Crippen molar-refractivity contribution in [1.82, 2.24) is 4.57 Å². The van der Waals surface area contributed by atoms with Crippen LogP contribution in [0.5, 0.6) is 0 Å². The molecule has 2 aromatic heterocycles. The lowest BCUT2D eigenvalue weighted by Gasteiger charge is -2.06. The van der Waals surface area contributed by atoms with E-state index in [0.717, 1.165) is 44.4 Å². The lowest BCUT2D eigenvalue weighted by Crippen LogP contribution is -2.19. The van der Waals surface area contributed by atoms with Gasteiger partial charge < -0.3 is 14.6 Å². The van der Waals surface area contributed by atoms with Crippen LogP contribution in [0, 0.1) is 0 Å². The lowest BCUT2D eigenvalue weighted by molar-refractivity contribution is -0.115. The molecule has 0 radical (unpaired) electrons. The normalized spacial score (nSPS) is 13.2. The number of thiophene rings is 1.